The second kappa shape index (κ2) is 5.10. The van der Waals surface area contributed by atoms with Crippen LogP contribution in [0.1, 0.15) is 33.6 Å². The molecule has 0 spiro atoms. The van der Waals surface area contributed by atoms with E-state index in [2.05, 4.69) is 25.7 Å². The summed E-state index contributed by atoms with van der Waals surface area (Å²) >= 11 is 0. The summed E-state index contributed by atoms with van der Waals surface area (Å²) < 4.78 is 5.74. The second-order valence-electron chi connectivity index (χ2n) is 4.77. The van der Waals surface area contributed by atoms with E-state index in [1.807, 2.05) is 0 Å². The molecule has 0 bridgehead atoms. The van der Waals surface area contributed by atoms with E-state index in [0.29, 0.717) is 0 Å². The van der Waals surface area contributed by atoms with Gasteiger partial charge in [0, 0.05) is 13.1 Å². The monoisotopic (exact) mass is 201 g/mol. The van der Waals surface area contributed by atoms with Crippen LogP contribution in [0.5, 0.6) is 0 Å². The van der Waals surface area contributed by atoms with E-state index in [4.69, 9.17) is 9.84 Å². The van der Waals surface area contributed by atoms with Crippen molar-refractivity contribution in [1.82, 2.24) is 4.90 Å². The Balaban J connectivity index is 2.43. The topological polar surface area (TPSA) is 32.7 Å². The van der Waals surface area contributed by atoms with Gasteiger partial charge in [-0.2, -0.15) is 0 Å². The zero-order chi connectivity index (χ0) is 10.6. The molecule has 14 heavy (non-hydrogen) atoms. The molecule has 1 fully saturated rings. The van der Waals surface area contributed by atoms with Crippen LogP contribution in [-0.4, -0.2) is 48.0 Å². The Morgan fingerprint density at radius 3 is 2.79 bits per heavy atom. The molecular weight excluding hydrogens is 178 g/mol. The van der Waals surface area contributed by atoms with Gasteiger partial charge in [-0.3, -0.25) is 4.90 Å². The molecule has 0 amide bonds. The van der Waals surface area contributed by atoms with Gasteiger partial charge < -0.3 is 9.84 Å². The van der Waals surface area contributed by atoms with Crippen molar-refractivity contribution in [3.8, 4) is 0 Å². The highest BCUT2D eigenvalue weighted by atomic mass is 16.5. The number of rotatable bonds is 4. The van der Waals surface area contributed by atoms with Gasteiger partial charge in [0.05, 0.1) is 18.3 Å². The van der Waals surface area contributed by atoms with Gasteiger partial charge in [-0.25, -0.2) is 0 Å². The Kier molecular flexibility index (Phi) is 4.35. The van der Waals surface area contributed by atoms with Gasteiger partial charge in [0.2, 0.25) is 0 Å². The normalized spacial score (nSPS) is 27.9. The van der Waals surface area contributed by atoms with Crippen LogP contribution < -0.4 is 0 Å². The van der Waals surface area contributed by atoms with Crippen molar-refractivity contribution in [2.75, 3.05) is 26.2 Å². The lowest BCUT2D eigenvalue weighted by molar-refractivity contribution is -0.148. The van der Waals surface area contributed by atoms with E-state index in [0.717, 1.165) is 19.6 Å². The van der Waals surface area contributed by atoms with Crippen LogP contribution in [0.4, 0.5) is 0 Å². The number of aliphatic hydroxyl groups is 1. The number of hydrogen-bond donors (Lipinski definition) is 1. The molecule has 1 atom stereocenters. The highest BCUT2D eigenvalue weighted by molar-refractivity contribution is 4.83. The zero-order valence-corrected chi connectivity index (χ0v) is 9.62. The summed E-state index contributed by atoms with van der Waals surface area (Å²) in [5.41, 5.74) is -0.112. The van der Waals surface area contributed by atoms with E-state index in [1.54, 1.807) is 0 Å². The first kappa shape index (κ1) is 12.0. The summed E-state index contributed by atoms with van der Waals surface area (Å²) in [6.07, 6.45) is 2.45. The smallest absolute Gasteiger partial charge is 0.0940 e. The molecule has 1 unspecified atom stereocenters. The summed E-state index contributed by atoms with van der Waals surface area (Å²) in [5.74, 6) is 0. The lowest BCUT2D eigenvalue weighted by Gasteiger charge is -2.42. The minimum absolute atomic E-state index is 0.00407. The third-order valence-corrected chi connectivity index (χ3v) is 2.58. The number of ether oxygens (including phenoxy) is 1. The van der Waals surface area contributed by atoms with Crippen LogP contribution >= 0.6 is 0 Å². The Morgan fingerprint density at radius 1 is 1.50 bits per heavy atom. The van der Waals surface area contributed by atoms with Gasteiger partial charge in [-0.15, -0.1) is 0 Å². The minimum Gasteiger partial charge on any atom is -0.394 e. The highest BCUT2D eigenvalue weighted by Crippen LogP contribution is 2.20. The number of nitrogens with zero attached hydrogens (tertiary/aromatic N) is 1. The van der Waals surface area contributed by atoms with Crippen LogP contribution in [0.2, 0.25) is 0 Å². The maximum absolute atomic E-state index is 9.11. The molecule has 1 saturated heterocycles. The average Bonchev–Trinajstić information content (AvgIpc) is 2.12. The number of hydrogen-bond acceptors (Lipinski definition) is 3. The van der Waals surface area contributed by atoms with Crippen molar-refractivity contribution < 1.29 is 9.84 Å². The summed E-state index contributed by atoms with van der Waals surface area (Å²) in [7, 11) is 0. The standard InChI is InChI=1S/C11H23NO2/c1-4-5-6-12-7-10(8-13)14-11(2,3)9-12/h10,13H,4-9H2,1-3H3. The Hall–Kier alpha value is -0.120. The van der Waals surface area contributed by atoms with Crippen LogP contribution in [0.3, 0.4) is 0 Å². The number of aliphatic hydroxyl groups excluding tert-OH is 1. The Morgan fingerprint density at radius 2 is 2.21 bits per heavy atom. The van der Waals surface area contributed by atoms with E-state index in [1.165, 1.54) is 12.8 Å². The summed E-state index contributed by atoms with van der Waals surface area (Å²) in [6, 6.07) is 0. The average molecular weight is 201 g/mol. The molecule has 1 aliphatic heterocycles. The molecule has 84 valence electrons. The maximum atomic E-state index is 9.11. The fourth-order valence-corrected chi connectivity index (χ4v) is 2.06. The first-order valence-electron chi connectivity index (χ1n) is 5.58. The summed E-state index contributed by atoms with van der Waals surface area (Å²) in [6.45, 7) is 9.49. The minimum atomic E-state index is -0.112. The summed E-state index contributed by atoms with van der Waals surface area (Å²) in [4.78, 5) is 2.40. The molecule has 1 heterocycles. The van der Waals surface area contributed by atoms with Crippen molar-refractivity contribution >= 4 is 0 Å². The van der Waals surface area contributed by atoms with Crippen molar-refractivity contribution in [1.29, 1.82) is 0 Å². The highest BCUT2D eigenvalue weighted by Gasteiger charge is 2.32. The molecule has 1 rings (SSSR count). The molecule has 1 N–H and O–H groups in total. The van der Waals surface area contributed by atoms with E-state index < -0.39 is 0 Å². The maximum Gasteiger partial charge on any atom is 0.0940 e. The molecule has 1 aliphatic rings. The third-order valence-electron chi connectivity index (χ3n) is 2.58. The molecule has 0 saturated carbocycles. The fourth-order valence-electron chi connectivity index (χ4n) is 2.06. The van der Waals surface area contributed by atoms with Crippen LogP contribution in [-0.2, 0) is 4.74 Å². The number of morpholine rings is 1. The van der Waals surface area contributed by atoms with Crippen molar-refractivity contribution in [2.24, 2.45) is 0 Å². The SMILES string of the molecule is CCCCN1CC(CO)OC(C)(C)C1. The van der Waals surface area contributed by atoms with Crippen LogP contribution in [0, 0.1) is 0 Å². The largest absolute Gasteiger partial charge is 0.394 e. The van der Waals surface area contributed by atoms with Crippen LogP contribution in [0.25, 0.3) is 0 Å². The molecule has 0 aliphatic carbocycles. The second-order valence-corrected chi connectivity index (χ2v) is 4.77. The van der Waals surface area contributed by atoms with Gasteiger partial charge >= 0.3 is 0 Å². The predicted octanol–water partition coefficient (Wildman–Crippen LogP) is 1.26. The first-order valence-corrected chi connectivity index (χ1v) is 5.58. The molecule has 0 aromatic heterocycles. The zero-order valence-electron chi connectivity index (χ0n) is 9.62. The Bertz CT molecular complexity index is 171. The van der Waals surface area contributed by atoms with E-state index in [-0.39, 0.29) is 18.3 Å². The van der Waals surface area contributed by atoms with Gasteiger partial charge in [0.15, 0.2) is 0 Å². The molecule has 0 aromatic carbocycles. The van der Waals surface area contributed by atoms with Gasteiger partial charge in [-0.05, 0) is 26.8 Å². The first-order chi connectivity index (χ1) is 6.57. The fraction of sp³-hybridized carbons (Fsp3) is 1.00. The molecular formula is C11H23NO2. The van der Waals surface area contributed by atoms with E-state index in [9.17, 15) is 0 Å². The molecule has 0 aromatic rings. The van der Waals surface area contributed by atoms with Gasteiger partial charge in [0.1, 0.15) is 0 Å². The lowest BCUT2D eigenvalue weighted by atomic mass is 10.0. The van der Waals surface area contributed by atoms with Gasteiger partial charge in [0.25, 0.3) is 0 Å². The van der Waals surface area contributed by atoms with E-state index >= 15 is 0 Å². The lowest BCUT2D eigenvalue weighted by Crippen LogP contribution is -2.53. The van der Waals surface area contributed by atoms with Crippen LogP contribution in [0.15, 0.2) is 0 Å². The quantitative estimate of drug-likeness (QED) is 0.743. The van der Waals surface area contributed by atoms with Crippen molar-refractivity contribution in [2.45, 2.75) is 45.3 Å². The predicted molar refractivity (Wildman–Crippen MR) is 57.4 cm³/mol. The van der Waals surface area contributed by atoms with Gasteiger partial charge in [-0.1, -0.05) is 13.3 Å². The Labute approximate surface area is 87.1 Å². The molecule has 0 radical (unpaired) electrons. The van der Waals surface area contributed by atoms with Crippen molar-refractivity contribution in [3.05, 3.63) is 0 Å². The summed E-state index contributed by atoms with van der Waals surface area (Å²) in [5, 5.41) is 9.11. The molecule has 3 nitrogen and oxygen atoms in total. The molecule has 3 heteroatoms. The third kappa shape index (κ3) is 3.56. The van der Waals surface area contributed by atoms with Crippen molar-refractivity contribution in [3.63, 3.8) is 0 Å². The number of unbranched alkanes of at least 4 members (excludes halogenated alkanes) is 1.